The van der Waals surface area contributed by atoms with Crippen molar-refractivity contribution >= 4 is 39.1 Å². The number of hydrogen-bond acceptors (Lipinski definition) is 5. The highest BCUT2D eigenvalue weighted by atomic mass is 32.2. The molecule has 2 aromatic heterocycles. The Hall–Kier alpha value is -3.00. The fraction of sp³-hybridized carbons (Fsp3) is 0.167. The lowest BCUT2D eigenvalue weighted by Crippen LogP contribution is -2.16. The normalized spacial score (nSPS) is 14.5. The SMILES string of the molecule is C=S(=O)(Nc1ccnc2cc(C)nn12)c1ccc(C(=O)C(C)C=O)cc1. The second-order valence-corrected chi connectivity index (χ2v) is 8.00. The molecule has 3 rings (SSSR count). The number of carbonyl (C=O) groups is 2. The van der Waals surface area contributed by atoms with E-state index >= 15 is 0 Å². The average Bonchev–Trinajstić information content (AvgIpc) is 3.01. The smallest absolute Gasteiger partial charge is 0.172 e. The highest BCUT2D eigenvalue weighted by molar-refractivity contribution is 8.01. The number of fused-ring (bicyclic) bond motifs is 1. The molecule has 0 saturated carbocycles. The first kappa shape index (κ1) is 17.8. The van der Waals surface area contributed by atoms with Crippen molar-refractivity contribution in [3.8, 4) is 0 Å². The molecule has 1 aromatic carbocycles. The summed E-state index contributed by atoms with van der Waals surface area (Å²) in [7, 11) is -2.88. The zero-order valence-corrected chi connectivity index (χ0v) is 15.2. The number of ketones is 1. The van der Waals surface area contributed by atoms with Crippen LogP contribution in [0.2, 0.25) is 0 Å². The van der Waals surface area contributed by atoms with E-state index in [1.165, 1.54) is 6.92 Å². The number of rotatable bonds is 6. The number of aromatic nitrogens is 3. The van der Waals surface area contributed by atoms with Gasteiger partial charge in [0.2, 0.25) is 0 Å². The van der Waals surface area contributed by atoms with Gasteiger partial charge < -0.3 is 4.79 Å². The summed E-state index contributed by atoms with van der Waals surface area (Å²) in [5, 5.41) is 4.32. The van der Waals surface area contributed by atoms with E-state index in [1.807, 2.05) is 13.0 Å². The molecular weight excluding hydrogens is 352 g/mol. The lowest BCUT2D eigenvalue weighted by molar-refractivity contribution is -0.109. The van der Waals surface area contributed by atoms with Crippen molar-refractivity contribution in [2.75, 3.05) is 4.72 Å². The van der Waals surface area contributed by atoms with Crippen LogP contribution >= 0.6 is 0 Å². The number of nitrogens with zero attached hydrogens (tertiary/aromatic N) is 3. The Balaban J connectivity index is 1.90. The number of Topliss-reactive ketones (excluding diaryl/α,β-unsaturated/α-hetero) is 1. The molecule has 0 fully saturated rings. The van der Waals surface area contributed by atoms with Gasteiger partial charge in [0.05, 0.1) is 21.3 Å². The van der Waals surface area contributed by atoms with Crippen LogP contribution in [0.15, 0.2) is 47.5 Å². The maximum absolute atomic E-state index is 13.1. The number of aryl methyl sites for hydroxylation is 1. The minimum Gasteiger partial charge on any atom is -0.303 e. The number of nitrogens with one attached hydrogen (secondary N) is 1. The van der Waals surface area contributed by atoms with Crippen molar-refractivity contribution in [2.24, 2.45) is 5.92 Å². The first-order valence-corrected chi connectivity index (χ1v) is 9.60. The van der Waals surface area contributed by atoms with Gasteiger partial charge in [0.1, 0.15) is 12.1 Å². The quantitative estimate of drug-likeness (QED) is 0.311. The third-order valence-corrected chi connectivity index (χ3v) is 5.46. The minimum atomic E-state index is -2.88. The zero-order valence-electron chi connectivity index (χ0n) is 14.4. The van der Waals surface area contributed by atoms with Gasteiger partial charge in [-0.2, -0.15) is 9.61 Å². The van der Waals surface area contributed by atoms with Crippen molar-refractivity contribution in [3.05, 3.63) is 53.9 Å². The van der Waals surface area contributed by atoms with Crippen LogP contribution in [0.25, 0.3) is 5.65 Å². The third-order valence-electron chi connectivity index (χ3n) is 3.89. The molecule has 0 radical (unpaired) electrons. The van der Waals surface area contributed by atoms with Crippen molar-refractivity contribution in [2.45, 2.75) is 18.7 Å². The van der Waals surface area contributed by atoms with Crippen LogP contribution in [0.5, 0.6) is 0 Å². The van der Waals surface area contributed by atoms with E-state index in [2.05, 4.69) is 20.7 Å². The van der Waals surface area contributed by atoms with Gasteiger partial charge in [-0.1, -0.05) is 12.1 Å². The molecule has 0 amide bonds. The van der Waals surface area contributed by atoms with Gasteiger partial charge in [-0.3, -0.25) is 9.52 Å². The Kier molecular flexibility index (Phi) is 4.60. The number of benzene rings is 1. The van der Waals surface area contributed by atoms with Crippen molar-refractivity contribution < 1.29 is 13.8 Å². The maximum atomic E-state index is 13.1. The van der Waals surface area contributed by atoms with Crippen LogP contribution in [0.4, 0.5) is 5.82 Å². The molecule has 0 saturated heterocycles. The molecule has 2 unspecified atom stereocenters. The van der Waals surface area contributed by atoms with Gasteiger partial charge in [-0.25, -0.2) is 9.19 Å². The summed E-state index contributed by atoms with van der Waals surface area (Å²) in [6.45, 7) is 3.38. The van der Waals surface area contributed by atoms with Crippen LogP contribution in [-0.2, 0) is 14.5 Å². The summed E-state index contributed by atoms with van der Waals surface area (Å²) in [6, 6.07) is 9.70. The Morgan fingerprint density at radius 1 is 1.31 bits per heavy atom. The highest BCUT2D eigenvalue weighted by Gasteiger charge is 2.16. The Morgan fingerprint density at radius 2 is 2.00 bits per heavy atom. The summed E-state index contributed by atoms with van der Waals surface area (Å²) < 4.78 is 17.5. The molecule has 7 nitrogen and oxygen atoms in total. The second kappa shape index (κ2) is 6.72. The molecule has 26 heavy (non-hydrogen) atoms. The van der Waals surface area contributed by atoms with Crippen LogP contribution in [-0.4, -0.2) is 36.7 Å². The second-order valence-electron chi connectivity index (χ2n) is 5.98. The van der Waals surface area contributed by atoms with Gasteiger partial charge >= 0.3 is 0 Å². The highest BCUT2D eigenvalue weighted by Crippen LogP contribution is 2.18. The number of hydrogen-bond donors (Lipinski definition) is 1. The van der Waals surface area contributed by atoms with Gasteiger partial charge in [-0.15, -0.1) is 0 Å². The molecule has 2 heterocycles. The van der Waals surface area contributed by atoms with E-state index in [-0.39, 0.29) is 5.78 Å². The first-order valence-electron chi connectivity index (χ1n) is 7.88. The lowest BCUT2D eigenvalue weighted by Gasteiger charge is -2.14. The summed E-state index contributed by atoms with van der Waals surface area (Å²) >= 11 is 0. The minimum absolute atomic E-state index is 0.280. The van der Waals surface area contributed by atoms with Crippen molar-refractivity contribution in [1.29, 1.82) is 0 Å². The Labute approximate surface area is 151 Å². The molecule has 0 bridgehead atoms. The molecule has 8 heteroatoms. The molecule has 0 spiro atoms. The molecule has 3 aromatic rings. The maximum Gasteiger partial charge on any atom is 0.172 e. The predicted molar refractivity (Wildman–Crippen MR) is 101 cm³/mol. The number of carbonyl (C=O) groups excluding carboxylic acids is 2. The summed E-state index contributed by atoms with van der Waals surface area (Å²) in [5.74, 6) is 3.30. The van der Waals surface area contributed by atoms with E-state index in [4.69, 9.17) is 0 Å². The van der Waals surface area contributed by atoms with E-state index in [1.54, 1.807) is 41.0 Å². The molecule has 134 valence electrons. The zero-order chi connectivity index (χ0) is 18.9. The summed E-state index contributed by atoms with van der Waals surface area (Å²) in [5.41, 5.74) is 1.80. The number of anilines is 1. The van der Waals surface area contributed by atoms with E-state index in [9.17, 15) is 13.8 Å². The van der Waals surface area contributed by atoms with Gasteiger partial charge in [0, 0.05) is 22.7 Å². The molecule has 0 aliphatic carbocycles. The van der Waals surface area contributed by atoms with E-state index in [0.29, 0.717) is 28.2 Å². The largest absolute Gasteiger partial charge is 0.303 e. The van der Waals surface area contributed by atoms with Crippen molar-refractivity contribution in [1.82, 2.24) is 14.6 Å². The molecule has 0 aliphatic rings. The van der Waals surface area contributed by atoms with Gasteiger partial charge in [-0.05, 0) is 37.9 Å². The fourth-order valence-corrected chi connectivity index (χ4v) is 3.66. The topological polar surface area (TPSA) is 93.4 Å². The number of aldehydes is 1. The third kappa shape index (κ3) is 3.36. The van der Waals surface area contributed by atoms with Crippen LogP contribution in [0, 0.1) is 12.8 Å². The average molecular weight is 370 g/mol. The monoisotopic (exact) mass is 370 g/mol. The van der Waals surface area contributed by atoms with Crippen LogP contribution in [0.1, 0.15) is 23.0 Å². The summed E-state index contributed by atoms with van der Waals surface area (Å²) in [4.78, 5) is 27.4. The predicted octanol–water partition coefficient (Wildman–Crippen LogP) is 2.16. The van der Waals surface area contributed by atoms with E-state index < -0.39 is 15.6 Å². The molecule has 0 aliphatic heterocycles. The fourth-order valence-electron chi connectivity index (χ4n) is 2.48. The Morgan fingerprint density at radius 3 is 2.65 bits per heavy atom. The molecule has 2 atom stereocenters. The Bertz CT molecular complexity index is 1090. The first-order chi connectivity index (χ1) is 12.3. The van der Waals surface area contributed by atoms with Gasteiger partial charge in [0.15, 0.2) is 11.4 Å². The van der Waals surface area contributed by atoms with Crippen LogP contribution in [0.3, 0.4) is 0 Å². The summed E-state index contributed by atoms with van der Waals surface area (Å²) in [6.07, 6.45) is 2.19. The van der Waals surface area contributed by atoms with Crippen molar-refractivity contribution in [3.63, 3.8) is 0 Å². The standard InChI is InChI=1S/C18H18N4O3S/c1-12(11-23)18(24)14-4-6-15(7-5-14)26(3,25)21-16-8-9-19-17-10-13(2)20-22(16)17/h4-12H,3H2,1-2H3,(H,21,25). The van der Waals surface area contributed by atoms with E-state index in [0.717, 1.165) is 5.69 Å². The molecule has 1 N–H and O–H groups in total. The van der Waals surface area contributed by atoms with Crippen LogP contribution < -0.4 is 4.72 Å². The molecular formula is C18H18N4O3S. The lowest BCUT2D eigenvalue weighted by atomic mass is 10.0. The van der Waals surface area contributed by atoms with Gasteiger partial charge in [0.25, 0.3) is 0 Å².